The van der Waals surface area contributed by atoms with Gasteiger partial charge in [0.25, 0.3) is 3.84 Å². The number of aliphatic imine (C=N–C) groups is 2. The number of nitrogens with one attached hydrogen (secondary N) is 1. The summed E-state index contributed by atoms with van der Waals surface area (Å²) in [6.07, 6.45) is 6.22. The van der Waals surface area contributed by atoms with Crippen molar-refractivity contribution in [3.05, 3.63) is 23.8 Å². The summed E-state index contributed by atoms with van der Waals surface area (Å²) < 4.78 is 0.753. The zero-order valence-corrected chi connectivity index (χ0v) is 13.9. The molecule has 0 radical (unpaired) electrons. The maximum Gasteiger partial charge on any atom is 0.293 e. The smallest absolute Gasteiger partial charge is 0.293 e. The number of quaternary nitrogens is 1. The maximum absolute atomic E-state index is 11.9. The largest absolute Gasteiger partial charge is 0.395 e. The number of carbonyl (C=O) groups excluding carboxylic acids is 1. The number of aliphatic hydroxyl groups is 1. The molecule has 0 aromatic carbocycles. The van der Waals surface area contributed by atoms with E-state index in [-0.39, 0.29) is 29.6 Å². The summed E-state index contributed by atoms with van der Waals surface area (Å²) in [6, 6.07) is 0. The lowest BCUT2D eigenvalue weighted by Gasteiger charge is -2.24. The number of amides is 1. The molecule has 2 aliphatic heterocycles. The SMILES string of the molecule is CCC(CC(=O)NCCO)C1=C2C=NC=C[N+]2(N)C(I)=N1. The second-order valence-corrected chi connectivity index (χ2v) is 5.85. The molecule has 0 aliphatic carbocycles. The summed E-state index contributed by atoms with van der Waals surface area (Å²) in [4.78, 5) is 20.6. The first-order valence-corrected chi connectivity index (χ1v) is 7.86. The Hall–Kier alpha value is -1.10. The molecule has 0 aromatic rings. The van der Waals surface area contributed by atoms with Crippen LogP contribution < -0.4 is 11.2 Å². The molecular formula is C13H19IN5O2+. The van der Waals surface area contributed by atoms with Gasteiger partial charge in [-0.25, -0.2) is 0 Å². The highest BCUT2D eigenvalue weighted by atomic mass is 127. The summed E-state index contributed by atoms with van der Waals surface area (Å²) in [5.41, 5.74) is 1.63. The van der Waals surface area contributed by atoms with Gasteiger partial charge in [0, 0.05) is 18.9 Å². The van der Waals surface area contributed by atoms with Gasteiger partial charge in [-0.2, -0.15) is 10.8 Å². The summed E-state index contributed by atoms with van der Waals surface area (Å²) in [5, 5.41) is 11.4. The van der Waals surface area contributed by atoms with E-state index in [9.17, 15) is 4.79 Å². The van der Waals surface area contributed by atoms with Crippen LogP contribution in [-0.4, -0.2) is 38.8 Å². The van der Waals surface area contributed by atoms with E-state index in [4.69, 9.17) is 10.9 Å². The molecule has 114 valence electrons. The van der Waals surface area contributed by atoms with Crippen molar-refractivity contribution in [2.75, 3.05) is 13.2 Å². The number of amidine groups is 1. The van der Waals surface area contributed by atoms with Gasteiger partial charge in [-0.3, -0.25) is 9.79 Å². The number of carbonyl (C=O) groups is 1. The van der Waals surface area contributed by atoms with E-state index in [0.717, 1.165) is 21.7 Å². The number of fused-ring (bicyclic) bond motifs is 1. The van der Waals surface area contributed by atoms with Crippen molar-refractivity contribution in [1.82, 2.24) is 5.32 Å². The average Bonchev–Trinajstić information content (AvgIpc) is 2.74. The van der Waals surface area contributed by atoms with Crippen LogP contribution in [0.4, 0.5) is 0 Å². The molecule has 4 N–H and O–H groups in total. The van der Waals surface area contributed by atoms with Crippen molar-refractivity contribution in [1.29, 1.82) is 0 Å². The van der Waals surface area contributed by atoms with E-state index < -0.39 is 0 Å². The molecular weight excluding hydrogens is 385 g/mol. The highest BCUT2D eigenvalue weighted by Gasteiger charge is 2.43. The second-order valence-electron chi connectivity index (χ2n) is 4.89. The van der Waals surface area contributed by atoms with Crippen molar-refractivity contribution in [3.8, 4) is 0 Å². The van der Waals surface area contributed by atoms with Gasteiger partial charge in [-0.15, -0.1) is 4.59 Å². The number of rotatable bonds is 6. The van der Waals surface area contributed by atoms with Crippen molar-refractivity contribution in [3.63, 3.8) is 0 Å². The molecule has 0 spiro atoms. The van der Waals surface area contributed by atoms with Crippen LogP contribution in [-0.2, 0) is 4.79 Å². The second kappa shape index (κ2) is 6.77. The number of nitrogens with two attached hydrogens (primary N) is 1. The number of halogens is 1. The van der Waals surface area contributed by atoms with Gasteiger partial charge >= 0.3 is 0 Å². The Morgan fingerprint density at radius 3 is 3.05 bits per heavy atom. The predicted molar refractivity (Wildman–Crippen MR) is 89.1 cm³/mol. The fourth-order valence-corrected chi connectivity index (χ4v) is 3.00. The summed E-state index contributed by atoms with van der Waals surface area (Å²) in [6.45, 7) is 2.22. The zero-order chi connectivity index (χ0) is 15.5. The molecule has 0 aromatic heterocycles. The quantitative estimate of drug-likeness (QED) is 0.264. The van der Waals surface area contributed by atoms with Gasteiger partial charge in [0.1, 0.15) is 11.9 Å². The number of aliphatic hydroxyl groups excluding tert-OH is 1. The standard InChI is InChI=1S/C13H18IN5O2/c1-2-9(7-11(21)17-4-6-20)12-10-8-16-3-5-19(10,15)13(14)18-12/h3,5,8-9,20H,2,4,6-7,15H2,1H3/p+1. The van der Waals surface area contributed by atoms with E-state index in [0.29, 0.717) is 6.42 Å². The predicted octanol–water partition coefficient (Wildman–Crippen LogP) is 0.774. The maximum atomic E-state index is 11.9. The summed E-state index contributed by atoms with van der Waals surface area (Å²) >= 11 is 2.11. The Morgan fingerprint density at radius 2 is 2.38 bits per heavy atom. The molecule has 1 amide bonds. The lowest BCUT2D eigenvalue weighted by Crippen LogP contribution is -2.50. The first-order valence-electron chi connectivity index (χ1n) is 6.78. The van der Waals surface area contributed by atoms with Crippen molar-refractivity contribution >= 4 is 38.6 Å². The van der Waals surface area contributed by atoms with E-state index in [2.05, 4.69) is 37.9 Å². The third-order valence-electron chi connectivity index (χ3n) is 3.51. The number of hydrogen-bond acceptors (Lipinski definition) is 5. The van der Waals surface area contributed by atoms with E-state index >= 15 is 0 Å². The van der Waals surface area contributed by atoms with E-state index in [1.807, 2.05) is 6.92 Å². The average molecular weight is 404 g/mol. The van der Waals surface area contributed by atoms with Crippen LogP contribution in [0.3, 0.4) is 0 Å². The molecule has 2 rings (SSSR count). The van der Waals surface area contributed by atoms with Crippen LogP contribution in [0.5, 0.6) is 0 Å². The molecule has 2 aliphatic rings. The van der Waals surface area contributed by atoms with Crippen molar-refractivity contribution in [2.24, 2.45) is 21.7 Å². The van der Waals surface area contributed by atoms with Crippen molar-refractivity contribution < 1.29 is 14.5 Å². The summed E-state index contributed by atoms with van der Waals surface area (Å²) in [7, 11) is 0. The van der Waals surface area contributed by atoms with Crippen molar-refractivity contribution in [2.45, 2.75) is 19.8 Å². The third-order valence-corrected chi connectivity index (χ3v) is 4.55. The van der Waals surface area contributed by atoms with Crippen LogP contribution in [0, 0.1) is 5.92 Å². The highest BCUT2D eigenvalue weighted by Crippen LogP contribution is 2.36. The Kier molecular flexibility index (Phi) is 5.25. The molecule has 0 saturated heterocycles. The minimum absolute atomic E-state index is 0.0220. The van der Waals surface area contributed by atoms with Crippen LogP contribution in [0.1, 0.15) is 19.8 Å². The van der Waals surface area contributed by atoms with E-state index in [1.54, 1.807) is 18.6 Å². The number of nitrogens with zero attached hydrogens (tertiary/aromatic N) is 3. The first-order chi connectivity index (χ1) is 10.0. The van der Waals surface area contributed by atoms with Gasteiger partial charge in [0.2, 0.25) is 11.6 Å². The molecule has 8 heteroatoms. The molecule has 2 heterocycles. The van der Waals surface area contributed by atoms with Crippen LogP contribution >= 0.6 is 22.6 Å². The Morgan fingerprint density at radius 1 is 1.62 bits per heavy atom. The van der Waals surface area contributed by atoms with Gasteiger partial charge in [-0.1, -0.05) is 6.92 Å². The Balaban J connectivity index is 2.22. The molecule has 2 unspecified atom stereocenters. The topological polar surface area (TPSA) is 100 Å². The lowest BCUT2D eigenvalue weighted by atomic mass is 9.96. The molecule has 2 atom stereocenters. The third kappa shape index (κ3) is 3.23. The van der Waals surface area contributed by atoms with E-state index in [1.165, 1.54) is 0 Å². The number of hydrogen-bond donors (Lipinski definition) is 3. The Labute approximate surface area is 137 Å². The Bertz CT molecular complexity index is 555. The monoisotopic (exact) mass is 404 g/mol. The first kappa shape index (κ1) is 16.3. The fraction of sp³-hybridized carbons (Fsp3) is 0.462. The molecule has 7 nitrogen and oxygen atoms in total. The normalized spacial score (nSPS) is 24.9. The van der Waals surface area contributed by atoms with Gasteiger partial charge in [-0.05, 0) is 6.42 Å². The lowest BCUT2D eigenvalue weighted by molar-refractivity contribution is -0.745. The molecule has 0 bridgehead atoms. The molecule has 0 saturated carbocycles. The minimum Gasteiger partial charge on any atom is -0.395 e. The minimum atomic E-state index is -0.0977. The fourth-order valence-electron chi connectivity index (χ4n) is 2.32. The number of allylic oxidation sites excluding steroid dienone is 2. The summed E-state index contributed by atoms with van der Waals surface area (Å²) in [5.74, 6) is 6.21. The van der Waals surface area contributed by atoms with Crippen LogP contribution in [0.15, 0.2) is 33.8 Å². The van der Waals surface area contributed by atoms with Gasteiger partial charge in [0.15, 0.2) is 0 Å². The van der Waals surface area contributed by atoms with Crippen LogP contribution in [0.2, 0.25) is 0 Å². The highest BCUT2D eigenvalue weighted by molar-refractivity contribution is 14.1. The van der Waals surface area contributed by atoms with Gasteiger partial charge < -0.3 is 10.4 Å². The molecule has 0 fully saturated rings. The van der Waals surface area contributed by atoms with Gasteiger partial charge in [0.05, 0.1) is 41.6 Å². The van der Waals surface area contributed by atoms with Crippen LogP contribution in [0.25, 0.3) is 0 Å². The zero-order valence-electron chi connectivity index (χ0n) is 11.8. The molecule has 21 heavy (non-hydrogen) atoms.